The summed E-state index contributed by atoms with van der Waals surface area (Å²) in [6.07, 6.45) is 6.60. The van der Waals surface area contributed by atoms with E-state index in [1.54, 1.807) is 0 Å². The molecule has 4 heteroatoms. The number of unbranched alkanes of at least 4 members (excludes halogenated alkanes) is 3. The van der Waals surface area contributed by atoms with Crippen LogP contribution in [0.2, 0.25) is 0 Å². The maximum absolute atomic E-state index is 11.6. The second-order valence-corrected chi connectivity index (χ2v) is 5.84. The molecule has 0 bridgehead atoms. The van der Waals surface area contributed by atoms with Crippen molar-refractivity contribution >= 4 is 6.09 Å². The lowest BCUT2D eigenvalue weighted by molar-refractivity contribution is 0.111. The Morgan fingerprint density at radius 3 is 2.30 bits per heavy atom. The summed E-state index contributed by atoms with van der Waals surface area (Å²) in [5.41, 5.74) is 0. The number of carbonyl (C=O) groups excluding carboxylic acids is 1. The second-order valence-electron chi connectivity index (χ2n) is 5.84. The summed E-state index contributed by atoms with van der Waals surface area (Å²) in [4.78, 5) is 11.6. The van der Waals surface area contributed by atoms with Crippen LogP contribution < -0.4 is 10.6 Å². The Morgan fingerprint density at radius 2 is 1.75 bits per heavy atom. The van der Waals surface area contributed by atoms with Crippen molar-refractivity contribution in [1.82, 2.24) is 10.6 Å². The van der Waals surface area contributed by atoms with Gasteiger partial charge in [0.2, 0.25) is 0 Å². The van der Waals surface area contributed by atoms with Gasteiger partial charge in [0.15, 0.2) is 0 Å². The highest BCUT2D eigenvalue weighted by Gasteiger charge is 2.14. The predicted molar refractivity (Wildman–Crippen MR) is 85.0 cm³/mol. The molecule has 0 heterocycles. The largest absolute Gasteiger partial charge is 0.449 e. The smallest absolute Gasteiger partial charge is 0.407 e. The van der Waals surface area contributed by atoms with Crippen molar-refractivity contribution in [2.45, 2.75) is 59.3 Å². The lowest BCUT2D eigenvalue weighted by atomic mass is 9.92. The van der Waals surface area contributed by atoms with E-state index in [0.717, 1.165) is 38.8 Å². The van der Waals surface area contributed by atoms with Gasteiger partial charge in [-0.25, -0.2) is 4.79 Å². The number of ether oxygens (including phenoxy) is 1. The van der Waals surface area contributed by atoms with Crippen LogP contribution in [0.25, 0.3) is 0 Å². The molecule has 2 N–H and O–H groups in total. The van der Waals surface area contributed by atoms with E-state index in [1.165, 1.54) is 12.8 Å². The van der Waals surface area contributed by atoms with Gasteiger partial charge in [-0.05, 0) is 44.7 Å². The van der Waals surface area contributed by atoms with E-state index >= 15 is 0 Å². The van der Waals surface area contributed by atoms with Crippen molar-refractivity contribution in [3.05, 3.63) is 0 Å². The summed E-state index contributed by atoms with van der Waals surface area (Å²) in [6.45, 7) is 8.88. The minimum absolute atomic E-state index is 0.262. The third-order valence-corrected chi connectivity index (χ3v) is 3.65. The highest BCUT2D eigenvalue weighted by molar-refractivity contribution is 5.66. The molecule has 0 saturated heterocycles. The fourth-order valence-corrected chi connectivity index (χ4v) is 2.18. The number of hydrogen-bond acceptors (Lipinski definition) is 3. The lowest BCUT2D eigenvalue weighted by Crippen LogP contribution is -2.28. The predicted octanol–water partition coefficient (Wildman–Crippen LogP) is 3.56. The van der Waals surface area contributed by atoms with Gasteiger partial charge in [-0.15, -0.1) is 0 Å². The quantitative estimate of drug-likeness (QED) is 0.539. The van der Waals surface area contributed by atoms with Crippen molar-refractivity contribution in [1.29, 1.82) is 0 Å². The molecule has 0 spiro atoms. The van der Waals surface area contributed by atoms with Crippen LogP contribution >= 0.6 is 0 Å². The van der Waals surface area contributed by atoms with E-state index < -0.39 is 0 Å². The highest BCUT2D eigenvalue weighted by atomic mass is 16.5. The summed E-state index contributed by atoms with van der Waals surface area (Å²) in [7, 11) is 1.97. The van der Waals surface area contributed by atoms with Gasteiger partial charge in [0.05, 0.1) is 6.61 Å². The first-order chi connectivity index (χ1) is 9.61. The summed E-state index contributed by atoms with van der Waals surface area (Å²) < 4.78 is 5.30. The molecular formula is C16H34N2O2. The van der Waals surface area contributed by atoms with Crippen molar-refractivity contribution in [2.24, 2.45) is 11.8 Å². The average molecular weight is 286 g/mol. The van der Waals surface area contributed by atoms with Gasteiger partial charge in [0.1, 0.15) is 0 Å². The normalized spacial score (nSPS) is 12.4. The van der Waals surface area contributed by atoms with Gasteiger partial charge < -0.3 is 15.4 Å². The number of alkyl carbamates (subject to hydrolysis) is 1. The van der Waals surface area contributed by atoms with Crippen molar-refractivity contribution < 1.29 is 9.53 Å². The van der Waals surface area contributed by atoms with Crippen LogP contribution in [0.3, 0.4) is 0 Å². The third kappa shape index (κ3) is 11.1. The third-order valence-electron chi connectivity index (χ3n) is 3.65. The van der Waals surface area contributed by atoms with Crippen molar-refractivity contribution in [2.75, 3.05) is 26.7 Å². The Hall–Kier alpha value is -0.770. The Labute approximate surface area is 125 Å². The van der Waals surface area contributed by atoms with Gasteiger partial charge >= 0.3 is 6.09 Å². The molecule has 0 aromatic rings. The molecule has 0 aromatic heterocycles. The summed E-state index contributed by atoms with van der Waals surface area (Å²) in [5.74, 6) is 1.04. The van der Waals surface area contributed by atoms with Crippen LogP contribution in [0.1, 0.15) is 59.3 Å². The average Bonchev–Trinajstić information content (AvgIpc) is 2.42. The van der Waals surface area contributed by atoms with Crippen LogP contribution in [0.15, 0.2) is 0 Å². The van der Waals surface area contributed by atoms with Gasteiger partial charge in [-0.2, -0.15) is 0 Å². The number of hydrogen-bond donors (Lipinski definition) is 2. The monoisotopic (exact) mass is 286 g/mol. The maximum atomic E-state index is 11.6. The molecule has 20 heavy (non-hydrogen) atoms. The molecule has 0 aliphatic carbocycles. The van der Waals surface area contributed by atoms with Gasteiger partial charge in [-0.3, -0.25) is 0 Å². The lowest BCUT2D eigenvalue weighted by Gasteiger charge is -2.19. The minimum atomic E-state index is -0.262. The molecule has 0 saturated carbocycles. The van der Waals surface area contributed by atoms with E-state index in [-0.39, 0.29) is 6.09 Å². The Kier molecular flexibility index (Phi) is 12.7. The fraction of sp³-hybridized carbons (Fsp3) is 0.938. The Balaban J connectivity index is 3.53. The van der Waals surface area contributed by atoms with Crippen molar-refractivity contribution in [3.63, 3.8) is 0 Å². The zero-order valence-electron chi connectivity index (χ0n) is 13.8. The van der Waals surface area contributed by atoms with E-state index in [9.17, 15) is 4.79 Å². The standard InChI is InChI=1S/C16H34N2O2/c1-5-10-15(14(2)3)13-20-16(19)18-12-9-7-6-8-11-17-4/h14-15,17H,5-13H2,1-4H3,(H,18,19)/t15-/m0/s1. The van der Waals surface area contributed by atoms with Crippen LogP contribution in [0.5, 0.6) is 0 Å². The zero-order valence-corrected chi connectivity index (χ0v) is 13.8. The highest BCUT2D eigenvalue weighted by Crippen LogP contribution is 2.17. The molecule has 4 nitrogen and oxygen atoms in total. The molecule has 1 atom stereocenters. The molecule has 0 radical (unpaired) electrons. The Bertz CT molecular complexity index is 233. The molecule has 0 rings (SSSR count). The number of amides is 1. The molecule has 0 fully saturated rings. The Morgan fingerprint density at radius 1 is 1.10 bits per heavy atom. The molecule has 0 aromatic carbocycles. The summed E-state index contributed by atoms with van der Waals surface area (Å²) >= 11 is 0. The first-order valence-electron chi connectivity index (χ1n) is 8.17. The molecular weight excluding hydrogens is 252 g/mol. The topological polar surface area (TPSA) is 50.4 Å². The number of nitrogens with one attached hydrogen (secondary N) is 2. The first-order valence-corrected chi connectivity index (χ1v) is 8.17. The molecule has 1 amide bonds. The second kappa shape index (κ2) is 13.2. The SMILES string of the molecule is CCC[C@@H](COC(=O)NCCCCCCNC)C(C)C. The van der Waals surface area contributed by atoms with Crippen LogP contribution in [-0.2, 0) is 4.74 Å². The van der Waals surface area contributed by atoms with Crippen molar-refractivity contribution in [3.8, 4) is 0 Å². The van der Waals surface area contributed by atoms with Gasteiger partial charge in [0.25, 0.3) is 0 Å². The van der Waals surface area contributed by atoms with Crippen LogP contribution in [-0.4, -0.2) is 32.8 Å². The fourth-order valence-electron chi connectivity index (χ4n) is 2.18. The molecule has 0 aliphatic heterocycles. The summed E-state index contributed by atoms with van der Waals surface area (Å²) in [5, 5.41) is 5.97. The van der Waals surface area contributed by atoms with E-state index in [2.05, 4.69) is 31.4 Å². The molecule has 0 aliphatic rings. The minimum Gasteiger partial charge on any atom is -0.449 e. The van der Waals surface area contributed by atoms with E-state index in [0.29, 0.717) is 18.4 Å². The van der Waals surface area contributed by atoms with E-state index in [1.807, 2.05) is 7.05 Å². The van der Waals surface area contributed by atoms with Crippen LogP contribution in [0.4, 0.5) is 4.79 Å². The zero-order chi connectivity index (χ0) is 15.2. The van der Waals surface area contributed by atoms with Crippen LogP contribution in [0, 0.1) is 11.8 Å². The van der Waals surface area contributed by atoms with Gasteiger partial charge in [-0.1, -0.05) is 40.0 Å². The molecule has 0 unspecified atom stereocenters. The first kappa shape index (κ1) is 19.2. The number of carbonyl (C=O) groups is 1. The number of rotatable bonds is 12. The molecule has 120 valence electrons. The van der Waals surface area contributed by atoms with E-state index in [4.69, 9.17) is 4.74 Å². The summed E-state index contributed by atoms with van der Waals surface area (Å²) in [6, 6.07) is 0. The maximum Gasteiger partial charge on any atom is 0.407 e. The van der Waals surface area contributed by atoms with Gasteiger partial charge in [0, 0.05) is 6.54 Å².